The number of nitrogens with zero attached hydrogens (tertiary/aromatic N) is 4. The van der Waals surface area contributed by atoms with Crippen LogP contribution in [0.5, 0.6) is 0 Å². The van der Waals surface area contributed by atoms with Crippen molar-refractivity contribution in [2.75, 3.05) is 24.3 Å². The van der Waals surface area contributed by atoms with Crippen LogP contribution in [0.4, 0.5) is 11.5 Å². The van der Waals surface area contributed by atoms with E-state index in [2.05, 4.69) is 44.7 Å². The molecule has 8 heteroatoms. The molecular weight excluding hydrogens is 404 g/mol. The van der Waals surface area contributed by atoms with E-state index in [0.717, 1.165) is 16.0 Å². The third kappa shape index (κ3) is 3.37. The third-order valence-electron chi connectivity index (χ3n) is 4.01. The molecule has 132 valence electrons. The van der Waals surface area contributed by atoms with Gasteiger partial charge in [0.15, 0.2) is 11.0 Å². The zero-order chi connectivity index (χ0) is 18.2. The SMILES string of the molecule is CCOC(=O)c1cnc(SC)nc1N1CC(C)(C)c2nc(Br)ccc21. The lowest BCUT2D eigenvalue weighted by Crippen LogP contribution is -2.27. The van der Waals surface area contributed by atoms with Gasteiger partial charge >= 0.3 is 5.97 Å². The van der Waals surface area contributed by atoms with Crippen molar-refractivity contribution in [2.45, 2.75) is 31.3 Å². The van der Waals surface area contributed by atoms with Crippen molar-refractivity contribution in [3.05, 3.63) is 34.2 Å². The van der Waals surface area contributed by atoms with Crippen molar-refractivity contribution in [1.29, 1.82) is 0 Å². The van der Waals surface area contributed by atoms with Gasteiger partial charge in [-0.05, 0) is 41.2 Å². The van der Waals surface area contributed by atoms with E-state index >= 15 is 0 Å². The summed E-state index contributed by atoms with van der Waals surface area (Å²) in [5.74, 6) is 0.148. The molecule has 0 saturated heterocycles. The Balaban J connectivity index is 2.15. The number of carbonyl (C=O) groups excluding carboxylic acids is 1. The predicted octanol–water partition coefficient (Wildman–Crippen LogP) is 3.96. The quantitative estimate of drug-likeness (QED) is 0.319. The van der Waals surface area contributed by atoms with Crippen LogP contribution in [0, 0.1) is 0 Å². The summed E-state index contributed by atoms with van der Waals surface area (Å²) in [6, 6.07) is 3.89. The highest BCUT2D eigenvalue weighted by molar-refractivity contribution is 9.10. The van der Waals surface area contributed by atoms with Crippen LogP contribution >= 0.6 is 27.7 Å². The molecule has 0 bridgehead atoms. The zero-order valence-electron chi connectivity index (χ0n) is 14.5. The third-order valence-corrected chi connectivity index (χ3v) is 5.01. The average molecular weight is 423 g/mol. The number of pyridine rings is 1. The summed E-state index contributed by atoms with van der Waals surface area (Å²) in [5.41, 5.74) is 2.12. The Morgan fingerprint density at radius 2 is 2.16 bits per heavy atom. The minimum atomic E-state index is -0.415. The lowest BCUT2D eigenvalue weighted by Gasteiger charge is -2.23. The number of hydrogen-bond donors (Lipinski definition) is 0. The van der Waals surface area contributed by atoms with Gasteiger partial charge in [-0.1, -0.05) is 25.6 Å². The van der Waals surface area contributed by atoms with Gasteiger partial charge in [0, 0.05) is 18.2 Å². The van der Waals surface area contributed by atoms with Crippen molar-refractivity contribution >= 4 is 45.2 Å². The number of fused-ring (bicyclic) bond motifs is 1. The van der Waals surface area contributed by atoms with Gasteiger partial charge in [-0.15, -0.1) is 0 Å². The first-order valence-corrected chi connectivity index (χ1v) is 9.92. The number of anilines is 2. The molecule has 0 N–H and O–H groups in total. The van der Waals surface area contributed by atoms with Crippen LogP contribution in [0.1, 0.15) is 36.8 Å². The van der Waals surface area contributed by atoms with Crippen molar-refractivity contribution in [3.8, 4) is 0 Å². The van der Waals surface area contributed by atoms with Crippen LogP contribution in [0.3, 0.4) is 0 Å². The van der Waals surface area contributed by atoms with Crippen LogP contribution in [0.2, 0.25) is 0 Å². The normalized spacial score (nSPS) is 15.2. The van der Waals surface area contributed by atoms with E-state index in [4.69, 9.17) is 4.74 Å². The van der Waals surface area contributed by atoms with E-state index in [1.807, 2.05) is 23.3 Å². The first kappa shape index (κ1) is 18.1. The van der Waals surface area contributed by atoms with Crippen molar-refractivity contribution in [2.24, 2.45) is 0 Å². The summed E-state index contributed by atoms with van der Waals surface area (Å²) >= 11 is 4.88. The van der Waals surface area contributed by atoms with Crippen molar-refractivity contribution in [3.63, 3.8) is 0 Å². The second-order valence-corrected chi connectivity index (χ2v) is 7.87. The number of carbonyl (C=O) groups is 1. The molecule has 0 unspecified atom stereocenters. The maximum atomic E-state index is 12.4. The van der Waals surface area contributed by atoms with E-state index in [1.54, 1.807) is 13.1 Å². The van der Waals surface area contributed by atoms with Crippen LogP contribution in [-0.2, 0) is 10.2 Å². The summed E-state index contributed by atoms with van der Waals surface area (Å²) in [6.07, 6.45) is 3.45. The molecule has 0 atom stereocenters. The lowest BCUT2D eigenvalue weighted by atomic mass is 9.91. The highest BCUT2D eigenvalue weighted by Crippen LogP contribution is 2.44. The molecule has 1 aliphatic rings. The Morgan fingerprint density at radius 3 is 2.84 bits per heavy atom. The van der Waals surface area contributed by atoms with Crippen LogP contribution in [0.15, 0.2) is 28.1 Å². The van der Waals surface area contributed by atoms with Gasteiger partial charge in [0.2, 0.25) is 0 Å². The standard InChI is InChI=1S/C17H19BrN4O2S/c1-5-24-15(23)10-8-19-16(25-4)21-14(10)22-9-17(2,3)13-11(22)6-7-12(18)20-13/h6-8H,5,9H2,1-4H3. The second kappa shape index (κ2) is 6.92. The minimum Gasteiger partial charge on any atom is -0.462 e. The summed E-state index contributed by atoms with van der Waals surface area (Å²) in [5, 5.41) is 0.611. The predicted molar refractivity (Wildman–Crippen MR) is 102 cm³/mol. The van der Waals surface area contributed by atoms with Crippen LogP contribution in [0.25, 0.3) is 0 Å². The molecule has 0 radical (unpaired) electrons. The summed E-state index contributed by atoms with van der Waals surface area (Å²) < 4.78 is 5.98. The van der Waals surface area contributed by atoms with Crippen molar-refractivity contribution < 1.29 is 9.53 Å². The molecular formula is C17H19BrN4O2S. The number of ether oxygens (including phenoxy) is 1. The second-order valence-electron chi connectivity index (χ2n) is 6.29. The number of halogens is 1. The van der Waals surface area contributed by atoms with Gasteiger partial charge in [0.1, 0.15) is 10.2 Å². The Kier molecular flexibility index (Phi) is 5.02. The molecule has 0 amide bonds. The van der Waals surface area contributed by atoms with E-state index in [9.17, 15) is 4.79 Å². The van der Waals surface area contributed by atoms with Crippen LogP contribution < -0.4 is 4.90 Å². The maximum Gasteiger partial charge on any atom is 0.343 e. The van der Waals surface area contributed by atoms with E-state index < -0.39 is 5.97 Å². The van der Waals surface area contributed by atoms with E-state index in [0.29, 0.717) is 29.7 Å². The highest BCUT2D eigenvalue weighted by Gasteiger charge is 2.39. The Bertz CT molecular complexity index is 828. The van der Waals surface area contributed by atoms with Gasteiger partial charge in [-0.3, -0.25) is 0 Å². The molecule has 1 aliphatic heterocycles. The highest BCUT2D eigenvalue weighted by atomic mass is 79.9. The average Bonchev–Trinajstić information content (AvgIpc) is 2.85. The van der Waals surface area contributed by atoms with Gasteiger partial charge < -0.3 is 9.64 Å². The number of hydrogen-bond acceptors (Lipinski definition) is 7. The maximum absolute atomic E-state index is 12.4. The molecule has 6 nitrogen and oxygen atoms in total. The molecule has 3 rings (SSSR count). The molecule has 0 spiro atoms. The van der Waals surface area contributed by atoms with E-state index in [-0.39, 0.29) is 5.41 Å². The van der Waals surface area contributed by atoms with Crippen molar-refractivity contribution in [1.82, 2.24) is 15.0 Å². The molecule has 0 saturated carbocycles. The first-order chi connectivity index (χ1) is 11.9. The zero-order valence-corrected chi connectivity index (χ0v) is 16.9. The van der Waals surface area contributed by atoms with Gasteiger partial charge in [0.05, 0.1) is 18.0 Å². The van der Waals surface area contributed by atoms with E-state index in [1.165, 1.54) is 11.8 Å². The Labute approximate surface area is 159 Å². The number of esters is 1. The van der Waals surface area contributed by atoms with Crippen LogP contribution in [-0.4, -0.2) is 40.3 Å². The fourth-order valence-electron chi connectivity index (χ4n) is 2.90. The monoisotopic (exact) mass is 422 g/mol. The number of aromatic nitrogens is 3. The van der Waals surface area contributed by atoms with Gasteiger partial charge in [-0.2, -0.15) is 0 Å². The Hall–Kier alpha value is -1.67. The molecule has 25 heavy (non-hydrogen) atoms. The summed E-state index contributed by atoms with van der Waals surface area (Å²) in [6.45, 7) is 7.02. The Morgan fingerprint density at radius 1 is 1.40 bits per heavy atom. The molecule has 0 aliphatic carbocycles. The lowest BCUT2D eigenvalue weighted by molar-refractivity contribution is 0.0526. The fraction of sp³-hybridized carbons (Fsp3) is 0.412. The molecule has 3 heterocycles. The number of thioether (sulfide) groups is 1. The van der Waals surface area contributed by atoms with Gasteiger partial charge in [-0.25, -0.2) is 19.7 Å². The molecule has 2 aromatic rings. The topological polar surface area (TPSA) is 68.2 Å². The molecule has 2 aromatic heterocycles. The largest absolute Gasteiger partial charge is 0.462 e. The van der Waals surface area contributed by atoms with Gasteiger partial charge in [0.25, 0.3) is 0 Å². The smallest absolute Gasteiger partial charge is 0.343 e. The fourth-order valence-corrected chi connectivity index (χ4v) is 3.55. The molecule has 0 aromatic carbocycles. The summed E-state index contributed by atoms with van der Waals surface area (Å²) in [7, 11) is 0. The summed E-state index contributed by atoms with van der Waals surface area (Å²) in [4.78, 5) is 27.9. The number of rotatable bonds is 4. The first-order valence-electron chi connectivity index (χ1n) is 7.90. The minimum absolute atomic E-state index is 0.171. The molecule has 0 fully saturated rings.